The minimum absolute atomic E-state index is 0.109. The van der Waals surface area contributed by atoms with Crippen molar-refractivity contribution in [1.82, 2.24) is 14.9 Å². The monoisotopic (exact) mass is 193 g/mol. The number of rotatable bonds is 1. The van der Waals surface area contributed by atoms with Gasteiger partial charge in [0.2, 0.25) is 0 Å². The number of carbonyl (C=O) groups excluding carboxylic acids is 1. The fraction of sp³-hybridized carbons (Fsp3) is 0.444. The van der Waals surface area contributed by atoms with Gasteiger partial charge < -0.3 is 10.0 Å². The molecule has 1 aromatic rings. The van der Waals surface area contributed by atoms with E-state index in [1.54, 1.807) is 4.90 Å². The van der Waals surface area contributed by atoms with Crippen LogP contribution in [0.25, 0.3) is 0 Å². The van der Waals surface area contributed by atoms with Crippen LogP contribution in [0, 0.1) is 0 Å². The summed E-state index contributed by atoms with van der Waals surface area (Å²) in [6, 6.07) is 0. The van der Waals surface area contributed by atoms with Gasteiger partial charge in [0.15, 0.2) is 0 Å². The van der Waals surface area contributed by atoms with Gasteiger partial charge in [-0.15, -0.1) is 0 Å². The summed E-state index contributed by atoms with van der Waals surface area (Å²) in [7, 11) is 0. The summed E-state index contributed by atoms with van der Waals surface area (Å²) >= 11 is 0. The van der Waals surface area contributed by atoms with E-state index in [0.29, 0.717) is 25.1 Å². The van der Waals surface area contributed by atoms with Crippen molar-refractivity contribution in [2.45, 2.75) is 12.5 Å². The summed E-state index contributed by atoms with van der Waals surface area (Å²) < 4.78 is 0. The lowest BCUT2D eigenvalue weighted by Gasteiger charge is -2.14. The zero-order valence-corrected chi connectivity index (χ0v) is 7.63. The number of likely N-dealkylation sites (tertiary alicyclic amines) is 1. The first kappa shape index (κ1) is 9.08. The second kappa shape index (κ2) is 3.71. The first-order valence-corrected chi connectivity index (χ1v) is 4.50. The molecule has 0 saturated carbocycles. The number of hydrogen-bond donors (Lipinski definition) is 1. The Balaban J connectivity index is 2.10. The fourth-order valence-corrected chi connectivity index (χ4v) is 1.52. The third-order valence-corrected chi connectivity index (χ3v) is 2.26. The molecule has 1 atom stereocenters. The zero-order chi connectivity index (χ0) is 9.97. The van der Waals surface area contributed by atoms with Crippen molar-refractivity contribution in [2.75, 3.05) is 13.1 Å². The Bertz CT molecular complexity index is 328. The van der Waals surface area contributed by atoms with Crippen LogP contribution in [0.4, 0.5) is 0 Å². The molecule has 2 heterocycles. The fourth-order valence-electron chi connectivity index (χ4n) is 1.52. The molecule has 0 aromatic carbocycles. The van der Waals surface area contributed by atoms with Crippen molar-refractivity contribution in [1.29, 1.82) is 0 Å². The highest BCUT2D eigenvalue weighted by Gasteiger charge is 2.25. The molecule has 1 aliphatic rings. The van der Waals surface area contributed by atoms with Gasteiger partial charge in [0.25, 0.3) is 5.91 Å². The predicted molar refractivity (Wildman–Crippen MR) is 48.6 cm³/mol. The van der Waals surface area contributed by atoms with Gasteiger partial charge in [0.05, 0.1) is 11.7 Å². The van der Waals surface area contributed by atoms with Crippen molar-refractivity contribution < 1.29 is 9.90 Å². The van der Waals surface area contributed by atoms with Crippen LogP contribution in [-0.4, -0.2) is 45.1 Å². The number of nitrogens with zero attached hydrogens (tertiary/aromatic N) is 3. The second-order valence-corrected chi connectivity index (χ2v) is 3.32. The van der Waals surface area contributed by atoms with E-state index < -0.39 is 0 Å². The number of carbonyl (C=O) groups is 1. The summed E-state index contributed by atoms with van der Waals surface area (Å²) in [5, 5.41) is 9.27. The Morgan fingerprint density at radius 3 is 2.79 bits per heavy atom. The lowest BCUT2D eigenvalue weighted by atomic mass is 10.3. The standard InChI is InChI=1S/C9H11N3O2/c13-8-1-2-12(5-8)9(14)7-3-10-6-11-4-7/h3-4,6,8,13H,1-2,5H2/t8-/m1/s1. The van der Waals surface area contributed by atoms with E-state index in [1.165, 1.54) is 18.7 Å². The van der Waals surface area contributed by atoms with E-state index in [1.807, 2.05) is 0 Å². The molecule has 0 unspecified atom stereocenters. The Hall–Kier alpha value is -1.49. The maximum atomic E-state index is 11.7. The third-order valence-electron chi connectivity index (χ3n) is 2.26. The lowest BCUT2D eigenvalue weighted by Crippen LogP contribution is -2.29. The molecule has 1 N–H and O–H groups in total. The van der Waals surface area contributed by atoms with Crippen molar-refractivity contribution in [3.63, 3.8) is 0 Å². The van der Waals surface area contributed by atoms with E-state index in [9.17, 15) is 9.90 Å². The zero-order valence-electron chi connectivity index (χ0n) is 7.63. The topological polar surface area (TPSA) is 66.3 Å². The average molecular weight is 193 g/mol. The number of hydrogen-bond acceptors (Lipinski definition) is 4. The number of β-amino-alcohol motifs (C(OH)–C–C–N with tert-alkyl or cyclic N) is 1. The Morgan fingerprint density at radius 1 is 1.50 bits per heavy atom. The van der Waals surface area contributed by atoms with Gasteiger partial charge in [0.1, 0.15) is 6.33 Å². The van der Waals surface area contributed by atoms with E-state index in [2.05, 4.69) is 9.97 Å². The predicted octanol–water partition coefficient (Wildman–Crippen LogP) is -0.317. The Kier molecular flexibility index (Phi) is 2.41. The molecule has 1 amide bonds. The van der Waals surface area contributed by atoms with E-state index >= 15 is 0 Å². The first-order valence-electron chi connectivity index (χ1n) is 4.50. The lowest BCUT2D eigenvalue weighted by molar-refractivity contribution is 0.0764. The van der Waals surface area contributed by atoms with Crippen LogP contribution in [0.2, 0.25) is 0 Å². The second-order valence-electron chi connectivity index (χ2n) is 3.32. The summed E-state index contributed by atoms with van der Waals surface area (Å²) in [6.07, 6.45) is 4.62. The number of aliphatic hydroxyl groups excluding tert-OH is 1. The van der Waals surface area contributed by atoms with Crippen molar-refractivity contribution in [3.8, 4) is 0 Å². The smallest absolute Gasteiger partial charge is 0.257 e. The average Bonchev–Trinajstić information content (AvgIpc) is 2.65. The molecule has 1 fully saturated rings. The normalized spacial score (nSPS) is 21.2. The molecule has 5 heteroatoms. The summed E-state index contributed by atoms with van der Waals surface area (Å²) in [6.45, 7) is 1.02. The Labute approximate surface area is 81.4 Å². The van der Waals surface area contributed by atoms with Crippen LogP contribution < -0.4 is 0 Å². The summed E-state index contributed by atoms with van der Waals surface area (Å²) in [4.78, 5) is 20.9. The van der Waals surface area contributed by atoms with Crippen molar-refractivity contribution in [2.24, 2.45) is 0 Å². The highest BCUT2D eigenvalue weighted by Crippen LogP contribution is 2.11. The van der Waals surface area contributed by atoms with Gasteiger partial charge in [-0.3, -0.25) is 4.79 Å². The largest absolute Gasteiger partial charge is 0.391 e. The molecule has 1 saturated heterocycles. The molecule has 5 nitrogen and oxygen atoms in total. The van der Waals surface area contributed by atoms with Gasteiger partial charge in [-0.1, -0.05) is 0 Å². The summed E-state index contributed by atoms with van der Waals surface area (Å²) in [5.74, 6) is -0.109. The van der Waals surface area contributed by atoms with Gasteiger partial charge in [-0.25, -0.2) is 9.97 Å². The molecule has 14 heavy (non-hydrogen) atoms. The number of aromatic nitrogens is 2. The Morgan fingerprint density at radius 2 is 2.21 bits per heavy atom. The number of aliphatic hydroxyl groups is 1. The molecule has 1 aliphatic heterocycles. The molecule has 0 aliphatic carbocycles. The van der Waals surface area contributed by atoms with E-state index in [4.69, 9.17) is 0 Å². The third kappa shape index (κ3) is 1.72. The molecule has 74 valence electrons. The van der Waals surface area contributed by atoms with Crippen LogP contribution in [-0.2, 0) is 0 Å². The molecular weight excluding hydrogens is 182 g/mol. The van der Waals surface area contributed by atoms with Crippen molar-refractivity contribution in [3.05, 3.63) is 24.3 Å². The molecular formula is C9H11N3O2. The number of amides is 1. The van der Waals surface area contributed by atoms with Gasteiger partial charge in [-0.2, -0.15) is 0 Å². The first-order chi connectivity index (χ1) is 6.77. The minimum Gasteiger partial charge on any atom is -0.391 e. The van der Waals surface area contributed by atoms with Gasteiger partial charge in [-0.05, 0) is 6.42 Å². The minimum atomic E-state index is -0.386. The molecule has 1 aromatic heterocycles. The van der Waals surface area contributed by atoms with Crippen LogP contribution in [0.3, 0.4) is 0 Å². The SMILES string of the molecule is O=C(c1cncnc1)N1CC[C@@H](O)C1. The van der Waals surface area contributed by atoms with Gasteiger partial charge in [0, 0.05) is 25.5 Å². The van der Waals surface area contributed by atoms with Gasteiger partial charge >= 0.3 is 0 Å². The maximum Gasteiger partial charge on any atom is 0.257 e. The van der Waals surface area contributed by atoms with E-state index in [-0.39, 0.29) is 12.0 Å². The van der Waals surface area contributed by atoms with E-state index in [0.717, 1.165) is 0 Å². The van der Waals surface area contributed by atoms with Crippen LogP contribution in [0.5, 0.6) is 0 Å². The molecule has 0 bridgehead atoms. The van der Waals surface area contributed by atoms with Crippen molar-refractivity contribution >= 4 is 5.91 Å². The quantitative estimate of drug-likeness (QED) is 0.664. The van der Waals surface area contributed by atoms with Crippen LogP contribution in [0.1, 0.15) is 16.8 Å². The molecule has 0 radical (unpaired) electrons. The van der Waals surface area contributed by atoms with Crippen LogP contribution in [0.15, 0.2) is 18.7 Å². The maximum absolute atomic E-state index is 11.7. The molecule has 0 spiro atoms. The van der Waals surface area contributed by atoms with Crippen LogP contribution >= 0.6 is 0 Å². The summed E-state index contributed by atoms with van der Waals surface area (Å²) in [5.41, 5.74) is 0.474. The molecule has 2 rings (SSSR count). The highest BCUT2D eigenvalue weighted by atomic mass is 16.3. The highest BCUT2D eigenvalue weighted by molar-refractivity contribution is 5.93.